The van der Waals surface area contributed by atoms with Gasteiger partial charge in [0.2, 0.25) is 0 Å². The number of hydrogen-bond donors (Lipinski definition) is 1. The number of nitrogens with zero attached hydrogens (tertiary/aromatic N) is 1. The van der Waals surface area contributed by atoms with E-state index in [2.05, 4.69) is 52.3 Å². The highest BCUT2D eigenvalue weighted by Gasteiger charge is 2.26. The van der Waals surface area contributed by atoms with Crippen LogP contribution in [0, 0.1) is 5.92 Å². The van der Waals surface area contributed by atoms with E-state index in [1.165, 1.54) is 22.0 Å². The summed E-state index contributed by atoms with van der Waals surface area (Å²) in [6.07, 6.45) is 2.27. The number of ether oxygens (including phenoxy) is 1. The van der Waals surface area contributed by atoms with Crippen molar-refractivity contribution in [1.29, 1.82) is 0 Å². The van der Waals surface area contributed by atoms with E-state index < -0.39 is 0 Å². The zero-order valence-electron chi connectivity index (χ0n) is 12.3. The third-order valence-corrected chi connectivity index (χ3v) is 5.04. The Morgan fingerprint density at radius 2 is 2.30 bits per heavy atom. The fourth-order valence-electron chi connectivity index (χ4n) is 3.51. The smallest absolute Gasteiger partial charge is 0.127 e. The van der Waals surface area contributed by atoms with Crippen LogP contribution < -0.4 is 10.1 Å². The van der Waals surface area contributed by atoms with Crippen molar-refractivity contribution >= 4 is 15.9 Å². The van der Waals surface area contributed by atoms with Gasteiger partial charge in [-0.15, -0.1) is 0 Å². The van der Waals surface area contributed by atoms with Gasteiger partial charge in [0.1, 0.15) is 5.75 Å². The molecule has 0 spiro atoms. The second kappa shape index (κ2) is 6.04. The number of nitrogens with one attached hydrogen (secondary N) is 1. The van der Waals surface area contributed by atoms with Crippen LogP contribution in [-0.2, 0) is 13.0 Å². The molecule has 0 saturated carbocycles. The van der Waals surface area contributed by atoms with Crippen molar-refractivity contribution in [3.05, 3.63) is 27.7 Å². The molecule has 0 bridgehead atoms. The van der Waals surface area contributed by atoms with Crippen molar-refractivity contribution in [2.45, 2.75) is 32.4 Å². The molecular weight excluding hydrogens is 316 g/mol. The van der Waals surface area contributed by atoms with Gasteiger partial charge >= 0.3 is 0 Å². The third kappa shape index (κ3) is 2.87. The second-order valence-corrected chi connectivity index (χ2v) is 6.96. The summed E-state index contributed by atoms with van der Waals surface area (Å²) < 4.78 is 7.01. The van der Waals surface area contributed by atoms with Gasteiger partial charge in [0.15, 0.2) is 0 Å². The highest BCUT2D eigenvalue weighted by molar-refractivity contribution is 9.10. The molecule has 3 rings (SSSR count). The van der Waals surface area contributed by atoms with Gasteiger partial charge in [0.05, 0.1) is 6.61 Å². The predicted octanol–water partition coefficient (Wildman–Crippen LogP) is 2.81. The number of piperidine rings is 1. The van der Waals surface area contributed by atoms with E-state index in [1.54, 1.807) is 0 Å². The summed E-state index contributed by atoms with van der Waals surface area (Å²) in [6.45, 7) is 6.50. The van der Waals surface area contributed by atoms with Crippen LogP contribution in [0.4, 0.5) is 0 Å². The Labute approximate surface area is 129 Å². The Balaban J connectivity index is 1.73. The largest absolute Gasteiger partial charge is 0.493 e. The molecule has 2 aliphatic rings. The molecule has 4 heteroatoms. The molecule has 3 nitrogen and oxygen atoms in total. The molecule has 0 radical (unpaired) electrons. The lowest BCUT2D eigenvalue weighted by Crippen LogP contribution is -2.46. The number of rotatable bonds is 3. The maximum Gasteiger partial charge on any atom is 0.127 e. The van der Waals surface area contributed by atoms with E-state index in [0.29, 0.717) is 12.0 Å². The van der Waals surface area contributed by atoms with Gasteiger partial charge in [0, 0.05) is 35.6 Å². The molecule has 110 valence electrons. The van der Waals surface area contributed by atoms with E-state index in [9.17, 15) is 0 Å². The van der Waals surface area contributed by atoms with E-state index in [1.807, 2.05) is 0 Å². The summed E-state index contributed by atoms with van der Waals surface area (Å²) in [5.74, 6) is 1.84. The van der Waals surface area contributed by atoms with Crippen molar-refractivity contribution in [1.82, 2.24) is 10.2 Å². The van der Waals surface area contributed by atoms with Crippen molar-refractivity contribution in [3.8, 4) is 5.75 Å². The minimum Gasteiger partial charge on any atom is -0.493 e. The zero-order chi connectivity index (χ0) is 14.1. The fraction of sp³-hybridized carbons (Fsp3) is 0.625. The molecule has 1 aromatic rings. The van der Waals surface area contributed by atoms with Crippen molar-refractivity contribution < 1.29 is 4.74 Å². The lowest BCUT2D eigenvalue weighted by Gasteiger charge is -2.37. The minimum absolute atomic E-state index is 0.663. The molecule has 2 heterocycles. The first kappa shape index (κ1) is 14.4. The van der Waals surface area contributed by atoms with Gasteiger partial charge in [-0.2, -0.15) is 0 Å². The quantitative estimate of drug-likeness (QED) is 0.917. The Morgan fingerprint density at radius 3 is 3.05 bits per heavy atom. The molecule has 2 unspecified atom stereocenters. The molecule has 1 saturated heterocycles. The molecule has 1 fully saturated rings. The minimum atomic E-state index is 0.663. The van der Waals surface area contributed by atoms with E-state index in [-0.39, 0.29) is 0 Å². The lowest BCUT2D eigenvalue weighted by atomic mass is 9.93. The van der Waals surface area contributed by atoms with Gasteiger partial charge in [-0.05, 0) is 43.6 Å². The first-order valence-corrected chi connectivity index (χ1v) is 8.30. The number of hydrogen-bond acceptors (Lipinski definition) is 3. The maximum absolute atomic E-state index is 5.84. The molecule has 1 N–H and O–H groups in total. The van der Waals surface area contributed by atoms with Crippen LogP contribution in [0.15, 0.2) is 16.6 Å². The Bertz CT molecular complexity index is 492. The fourth-order valence-corrected chi connectivity index (χ4v) is 4.06. The Morgan fingerprint density at radius 1 is 1.45 bits per heavy atom. The van der Waals surface area contributed by atoms with E-state index in [4.69, 9.17) is 4.74 Å². The van der Waals surface area contributed by atoms with Crippen LogP contribution >= 0.6 is 15.9 Å². The number of halogens is 1. The van der Waals surface area contributed by atoms with Crippen molar-refractivity contribution in [2.75, 3.05) is 26.7 Å². The standard InChI is InChI=1S/C16H23BrN2O/c1-11-9-19(5-3-15(11)18-2)10-13-8-14(17)7-12-4-6-20-16(12)13/h7-8,11,15,18H,3-6,9-10H2,1-2H3. The van der Waals surface area contributed by atoms with Crippen LogP contribution in [0.5, 0.6) is 5.75 Å². The van der Waals surface area contributed by atoms with Crippen LogP contribution in [0.1, 0.15) is 24.5 Å². The molecule has 20 heavy (non-hydrogen) atoms. The van der Waals surface area contributed by atoms with Gasteiger partial charge in [-0.1, -0.05) is 22.9 Å². The van der Waals surface area contributed by atoms with Crippen LogP contribution in [0.2, 0.25) is 0 Å². The first-order valence-electron chi connectivity index (χ1n) is 7.51. The van der Waals surface area contributed by atoms with Crippen molar-refractivity contribution in [3.63, 3.8) is 0 Å². The van der Waals surface area contributed by atoms with E-state index in [0.717, 1.165) is 38.4 Å². The predicted molar refractivity (Wildman–Crippen MR) is 85.2 cm³/mol. The molecule has 0 aromatic heterocycles. The van der Waals surface area contributed by atoms with E-state index >= 15 is 0 Å². The first-order chi connectivity index (χ1) is 9.67. The summed E-state index contributed by atoms with van der Waals surface area (Å²) in [7, 11) is 2.08. The summed E-state index contributed by atoms with van der Waals surface area (Å²) in [4.78, 5) is 2.56. The Kier molecular flexibility index (Phi) is 4.34. The van der Waals surface area contributed by atoms with Crippen LogP contribution in [-0.4, -0.2) is 37.7 Å². The number of likely N-dealkylation sites (tertiary alicyclic amines) is 1. The molecular formula is C16H23BrN2O. The summed E-state index contributed by atoms with van der Waals surface area (Å²) in [5, 5.41) is 3.43. The molecule has 0 amide bonds. The summed E-state index contributed by atoms with van der Waals surface area (Å²) in [6, 6.07) is 5.08. The average molecular weight is 339 g/mol. The van der Waals surface area contributed by atoms with Gasteiger partial charge in [0.25, 0.3) is 0 Å². The van der Waals surface area contributed by atoms with Crippen LogP contribution in [0.25, 0.3) is 0 Å². The van der Waals surface area contributed by atoms with Gasteiger partial charge < -0.3 is 10.1 Å². The summed E-state index contributed by atoms with van der Waals surface area (Å²) >= 11 is 3.63. The molecule has 2 aliphatic heterocycles. The second-order valence-electron chi connectivity index (χ2n) is 6.05. The lowest BCUT2D eigenvalue weighted by molar-refractivity contribution is 0.143. The monoisotopic (exact) mass is 338 g/mol. The highest BCUT2D eigenvalue weighted by atomic mass is 79.9. The number of fused-ring (bicyclic) bond motifs is 1. The highest BCUT2D eigenvalue weighted by Crippen LogP contribution is 2.34. The average Bonchev–Trinajstić information content (AvgIpc) is 2.87. The molecule has 1 aromatic carbocycles. The normalized spacial score (nSPS) is 26.4. The van der Waals surface area contributed by atoms with Crippen LogP contribution in [0.3, 0.4) is 0 Å². The molecule has 0 aliphatic carbocycles. The van der Waals surface area contributed by atoms with Crippen molar-refractivity contribution in [2.24, 2.45) is 5.92 Å². The van der Waals surface area contributed by atoms with Gasteiger partial charge in [-0.3, -0.25) is 4.90 Å². The third-order valence-electron chi connectivity index (χ3n) is 4.58. The summed E-state index contributed by atoms with van der Waals surface area (Å²) in [5.41, 5.74) is 2.69. The maximum atomic E-state index is 5.84. The Hall–Kier alpha value is -0.580. The molecule has 2 atom stereocenters. The number of benzene rings is 1. The zero-order valence-corrected chi connectivity index (χ0v) is 13.9. The SMILES string of the molecule is CNC1CCN(Cc2cc(Br)cc3c2OCC3)CC1C. The topological polar surface area (TPSA) is 24.5 Å². The van der Waals surface area contributed by atoms with Gasteiger partial charge in [-0.25, -0.2) is 0 Å².